The van der Waals surface area contributed by atoms with Gasteiger partial charge in [-0.2, -0.15) is 4.99 Å². The fourth-order valence-electron chi connectivity index (χ4n) is 3.91. The summed E-state index contributed by atoms with van der Waals surface area (Å²) in [6, 6.07) is 13.1. The summed E-state index contributed by atoms with van der Waals surface area (Å²) in [5.41, 5.74) is 3.96. The number of benzene rings is 2. The zero-order valence-corrected chi connectivity index (χ0v) is 18.8. The zero-order valence-electron chi connectivity index (χ0n) is 17.2. The molecule has 2 aromatic carbocycles. The highest BCUT2D eigenvalue weighted by Gasteiger charge is 2.49. The van der Waals surface area contributed by atoms with E-state index in [-0.39, 0.29) is 35.1 Å². The van der Waals surface area contributed by atoms with Crippen molar-refractivity contribution in [1.82, 2.24) is 0 Å². The van der Waals surface area contributed by atoms with Gasteiger partial charge in [0.15, 0.2) is 15.0 Å². The van der Waals surface area contributed by atoms with Gasteiger partial charge in [-0.3, -0.25) is 4.79 Å². The SMILES string of the molecule is COc1ccc(CC(=O)N=C2SC3CS(=O)(=O)CC3N2c2cccc(C)c2C)cc1. The molecule has 2 aromatic rings. The zero-order chi connectivity index (χ0) is 21.5. The number of hydrogen-bond donors (Lipinski definition) is 0. The van der Waals surface area contributed by atoms with Crippen LogP contribution in [0.5, 0.6) is 5.75 Å². The molecule has 6 nitrogen and oxygen atoms in total. The van der Waals surface area contributed by atoms with Gasteiger partial charge in [0.05, 0.1) is 31.1 Å². The Hall–Kier alpha value is -2.32. The first-order valence-corrected chi connectivity index (χ1v) is 12.4. The van der Waals surface area contributed by atoms with Crippen LogP contribution in [-0.4, -0.2) is 49.4 Å². The van der Waals surface area contributed by atoms with Gasteiger partial charge >= 0.3 is 0 Å². The van der Waals surface area contributed by atoms with E-state index in [4.69, 9.17) is 4.74 Å². The number of rotatable bonds is 4. The van der Waals surface area contributed by atoms with E-state index in [1.54, 1.807) is 7.11 Å². The topological polar surface area (TPSA) is 76.0 Å². The minimum absolute atomic E-state index is 0.0870. The number of carbonyl (C=O) groups excluding carboxylic acids is 1. The lowest BCUT2D eigenvalue weighted by molar-refractivity contribution is -0.117. The average molecular weight is 445 g/mol. The monoisotopic (exact) mass is 444 g/mol. The van der Waals surface area contributed by atoms with Crippen molar-refractivity contribution in [2.24, 2.45) is 4.99 Å². The predicted molar refractivity (Wildman–Crippen MR) is 121 cm³/mol. The molecule has 2 fully saturated rings. The van der Waals surface area contributed by atoms with Crippen LogP contribution < -0.4 is 9.64 Å². The van der Waals surface area contributed by atoms with Crippen LogP contribution in [0.4, 0.5) is 5.69 Å². The maximum atomic E-state index is 12.7. The maximum Gasteiger partial charge on any atom is 0.252 e. The highest BCUT2D eigenvalue weighted by Crippen LogP contribution is 2.42. The summed E-state index contributed by atoms with van der Waals surface area (Å²) in [5.74, 6) is 0.693. The van der Waals surface area contributed by atoms with E-state index in [9.17, 15) is 13.2 Å². The number of amides is 1. The molecule has 30 heavy (non-hydrogen) atoms. The van der Waals surface area contributed by atoms with Crippen LogP contribution in [0.15, 0.2) is 47.5 Å². The van der Waals surface area contributed by atoms with Gasteiger partial charge in [0.25, 0.3) is 5.91 Å². The second kappa shape index (κ2) is 8.07. The van der Waals surface area contributed by atoms with Crippen molar-refractivity contribution >= 4 is 38.4 Å². The number of nitrogens with zero attached hydrogens (tertiary/aromatic N) is 2. The lowest BCUT2D eigenvalue weighted by Crippen LogP contribution is -2.38. The number of sulfone groups is 1. The van der Waals surface area contributed by atoms with Gasteiger partial charge in [0.2, 0.25) is 0 Å². The lowest BCUT2D eigenvalue weighted by atomic mass is 10.1. The molecular formula is C22H24N2O4S2. The summed E-state index contributed by atoms with van der Waals surface area (Å²) in [7, 11) is -1.49. The lowest BCUT2D eigenvalue weighted by Gasteiger charge is -2.26. The number of anilines is 1. The quantitative estimate of drug-likeness (QED) is 0.721. The van der Waals surface area contributed by atoms with Gasteiger partial charge in [-0.15, -0.1) is 0 Å². The molecule has 0 bridgehead atoms. The molecular weight excluding hydrogens is 420 g/mol. The second-order valence-corrected chi connectivity index (χ2v) is 11.1. The van der Waals surface area contributed by atoms with Gasteiger partial charge in [0, 0.05) is 10.9 Å². The molecule has 2 heterocycles. The van der Waals surface area contributed by atoms with Crippen LogP contribution >= 0.6 is 11.8 Å². The fraction of sp³-hybridized carbons (Fsp3) is 0.364. The molecule has 2 aliphatic heterocycles. The summed E-state index contributed by atoms with van der Waals surface area (Å²) in [5, 5.41) is 0.481. The van der Waals surface area contributed by atoms with Gasteiger partial charge < -0.3 is 9.64 Å². The highest BCUT2D eigenvalue weighted by atomic mass is 32.2. The second-order valence-electron chi connectivity index (χ2n) is 7.70. The number of aliphatic imine (C=N–C) groups is 1. The molecule has 2 unspecified atom stereocenters. The molecule has 4 rings (SSSR count). The van der Waals surface area contributed by atoms with Crippen LogP contribution in [0.1, 0.15) is 16.7 Å². The third-order valence-corrected chi connectivity index (χ3v) is 8.85. The molecule has 2 aliphatic rings. The number of thioether (sulfide) groups is 1. The Morgan fingerprint density at radius 3 is 2.60 bits per heavy atom. The molecule has 2 atom stereocenters. The molecule has 158 valence electrons. The average Bonchev–Trinajstić information content (AvgIpc) is 3.15. The van der Waals surface area contributed by atoms with Crippen LogP contribution in [0.25, 0.3) is 0 Å². The largest absolute Gasteiger partial charge is 0.497 e. The van der Waals surface area contributed by atoms with E-state index in [1.165, 1.54) is 11.8 Å². The third-order valence-electron chi connectivity index (χ3n) is 5.64. The Kier molecular flexibility index (Phi) is 5.63. The van der Waals surface area contributed by atoms with Gasteiger partial charge in [-0.05, 0) is 48.7 Å². The van der Waals surface area contributed by atoms with E-state index in [2.05, 4.69) is 4.99 Å². The first-order valence-electron chi connectivity index (χ1n) is 9.74. The number of aryl methyl sites for hydroxylation is 1. The van der Waals surface area contributed by atoms with Crippen molar-refractivity contribution in [3.8, 4) is 5.75 Å². The van der Waals surface area contributed by atoms with Crippen molar-refractivity contribution < 1.29 is 17.9 Å². The molecule has 2 saturated heterocycles. The number of ether oxygens (including phenoxy) is 1. The van der Waals surface area contributed by atoms with Gasteiger partial charge in [-0.25, -0.2) is 8.42 Å². The summed E-state index contributed by atoms with van der Waals surface area (Å²) in [6.07, 6.45) is 0.183. The molecule has 0 saturated carbocycles. The Labute approximate surface area is 181 Å². The van der Waals surface area contributed by atoms with Crippen molar-refractivity contribution in [3.63, 3.8) is 0 Å². The Bertz CT molecular complexity index is 1110. The molecule has 0 radical (unpaired) electrons. The van der Waals surface area contributed by atoms with Crippen molar-refractivity contribution in [2.45, 2.75) is 31.6 Å². The summed E-state index contributed by atoms with van der Waals surface area (Å²) >= 11 is 1.40. The van der Waals surface area contributed by atoms with Crippen molar-refractivity contribution in [2.75, 3.05) is 23.5 Å². The predicted octanol–water partition coefficient (Wildman–Crippen LogP) is 3.16. The fourth-order valence-corrected chi connectivity index (χ4v) is 7.83. The summed E-state index contributed by atoms with van der Waals surface area (Å²) in [4.78, 5) is 19.1. The third kappa shape index (κ3) is 4.11. The van der Waals surface area contributed by atoms with Crippen LogP contribution in [0.2, 0.25) is 0 Å². The van der Waals surface area contributed by atoms with Crippen LogP contribution in [-0.2, 0) is 21.1 Å². The highest BCUT2D eigenvalue weighted by molar-refractivity contribution is 8.16. The van der Waals surface area contributed by atoms with E-state index < -0.39 is 9.84 Å². The van der Waals surface area contributed by atoms with Crippen molar-refractivity contribution in [3.05, 3.63) is 59.2 Å². The Morgan fingerprint density at radius 1 is 1.17 bits per heavy atom. The number of hydrogen-bond acceptors (Lipinski definition) is 5. The van der Waals surface area contributed by atoms with E-state index in [0.29, 0.717) is 5.17 Å². The molecule has 1 amide bonds. The first kappa shape index (κ1) is 20.9. The van der Waals surface area contributed by atoms with E-state index >= 15 is 0 Å². The van der Waals surface area contributed by atoms with Crippen LogP contribution in [0, 0.1) is 13.8 Å². The molecule has 0 aliphatic carbocycles. The summed E-state index contributed by atoms with van der Waals surface area (Å²) < 4.78 is 29.6. The Morgan fingerprint density at radius 2 is 1.90 bits per heavy atom. The molecule has 0 spiro atoms. The van der Waals surface area contributed by atoms with Gasteiger partial charge in [-0.1, -0.05) is 36.0 Å². The Balaban J connectivity index is 1.65. The van der Waals surface area contributed by atoms with Crippen LogP contribution in [0.3, 0.4) is 0 Å². The number of methoxy groups -OCH3 is 1. The number of fused-ring (bicyclic) bond motifs is 1. The number of carbonyl (C=O) groups is 1. The smallest absolute Gasteiger partial charge is 0.252 e. The van der Waals surface area contributed by atoms with E-state index in [0.717, 1.165) is 28.1 Å². The maximum absolute atomic E-state index is 12.7. The van der Waals surface area contributed by atoms with E-state index in [1.807, 2.05) is 61.2 Å². The number of amidine groups is 1. The standard InChI is InChI=1S/C22H24N2O4S2/c1-14-5-4-6-18(15(14)2)24-19-12-30(26,27)13-20(19)29-22(24)23-21(25)11-16-7-9-17(28-3)10-8-16/h4-10,19-20H,11-13H2,1-3H3. The molecule has 0 N–H and O–H groups in total. The molecule has 0 aromatic heterocycles. The first-order chi connectivity index (χ1) is 14.3. The normalized spacial score (nSPS) is 23.6. The molecule has 8 heteroatoms. The van der Waals surface area contributed by atoms with Gasteiger partial charge in [0.1, 0.15) is 5.75 Å². The van der Waals surface area contributed by atoms with Crippen molar-refractivity contribution in [1.29, 1.82) is 0 Å². The summed E-state index contributed by atoms with van der Waals surface area (Å²) in [6.45, 7) is 4.04. The minimum Gasteiger partial charge on any atom is -0.497 e. The minimum atomic E-state index is -3.09.